The molecule has 0 saturated heterocycles. The number of nitrogens with zero attached hydrogens (tertiary/aromatic N) is 1. The van der Waals surface area contributed by atoms with E-state index in [1.807, 2.05) is 6.07 Å². The van der Waals surface area contributed by atoms with Crippen LogP contribution in [0.2, 0.25) is 0 Å². The predicted octanol–water partition coefficient (Wildman–Crippen LogP) is 3.87. The van der Waals surface area contributed by atoms with Gasteiger partial charge in [-0.2, -0.15) is 0 Å². The summed E-state index contributed by atoms with van der Waals surface area (Å²) < 4.78 is 16.2. The number of amides is 1. The Hall–Kier alpha value is -2.73. The van der Waals surface area contributed by atoms with Crippen molar-refractivity contribution in [1.29, 1.82) is 0 Å². The Labute approximate surface area is 184 Å². The molecular formula is C25H32N2O4. The minimum Gasteiger partial charge on any atom is -0.496 e. The van der Waals surface area contributed by atoms with Crippen molar-refractivity contribution in [3.05, 3.63) is 53.1 Å². The fraction of sp³-hybridized carbons (Fsp3) is 0.480. The Morgan fingerprint density at radius 1 is 1.00 bits per heavy atom. The molecule has 2 aromatic carbocycles. The highest BCUT2D eigenvalue weighted by molar-refractivity contribution is 5.78. The molecule has 1 atom stereocenters. The molecule has 31 heavy (non-hydrogen) atoms. The largest absolute Gasteiger partial charge is 0.496 e. The SMILES string of the molecule is COc1cc(OC)c(OC)cc1CNC(=O)CN(C1CC1)C1CCCc2ccccc21. The maximum Gasteiger partial charge on any atom is 0.234 e. The molecule has 6 heteroatoms. The van der Waals surface area contributed by atoms with Gasteiger partial charge in [0.15, 0.2) is 11.5 Å². The third-order valence-electron chi connectivity index (χ3n) is 6.34. The summed E-state index contributed by atoms with van der Waals surface area (Å²) in [5.41, 5.74) is 3.68. The van der Waals surface area contributed by atoms with Crippen LogP contribution in [-0.2, 0) is 17.8 Å². The first kappa shape index (κ1) is 21.5. The number of carbonyl (C=O) groups is 1. The van der Waals surface area contributed by atoms with Gasteiger partial charge >= 0.3 is 0 Å². The average Bonchev–Trinajstić information content (AvgIpc) is 3.65. The Morgan fingerprint density at radius 2 is 1.71 bits per heavy atom. The smallest absolute Gasteiger partial charge is 0.234 e. The number of hydrogen-bond donors (Lipinski definition) is 1. The Bertz CT molecular complexity index is 926. The lowest BCUT2D eigenvalue weighted by molar-refractivity contribution is -0.123. The van der Waals surface area contributed by atoms with Gasteiger partial charge < -0.3 is 19.5 Å². The monoisotopic (exact) mass is 424 g/mol. The van der Waals surface area contributed by atoms with E-state index in [0.29, 0.717) is 42.4 Å². The standard InChI is InChI=1S/C25H32N2O4/c1-29-22-14-24(31-3)23(30-2)13-18(22)15-26-25(28)16-27(19-11-12-19)21-10-6-8-17-7-4-5-9-20(17)21/h4-5,7,9,13-14,19,21H,6,8,10-12,15-16H2,1-3H3,(H,26,28). The first-order valence-corrected chi connectivity index (χ1v) is 11.0. The van der Waals surface area contributed by atoms with E-state index in [1.54, 1.807) is 27.4 Å². The van der Waals surface area contributed by atoms with E-state index >= 15 is 0 Å². The summed E-state index contributed by atoms with van der Waals surface area (Å²) in [5, 5.41) is 3.08. The number of ether oxygens (including phenoxy) is 3. The summed E-state index contributed by atoms with van der Waals surface area (Å²) in [5.74, 6) is 1.92. The molecule has 1 saturated carbocycles. The molecule has 6 nitrogen and oxygen atoms in total. The van der Waals surface area contributed by atoms with Crippen LogP contribution < -0.4 is 19.5 Å². The lowest BCUT2D eigenvalue weighted by Crippen LogP contribution is -2.41. The van der Waals surface area contributed by atoms with Gasteiger partial charge in [-0.1, -0.05) is 24.3 Å². The molecule has 2 aromatic rings. The van der Waals surface area contributed by atoms with Gasteiger partial charge in [0.2, 0.25) is 5.91 Å². The van der Waals surface area contributed by atoms with Crippen molar-refractivity contribution in [3.63, 3.8) is 0 Å². The van der Waals surface area contributed by atoms with Gasteiger partial charge in [0, 0.05) is 30.3 Å². The van der Waals surface area contributed by atoms with Crippen molar-refractivity contribution in [3.8, 4) is 17.2 Å². The first-order valence-electron chi connectivity index (χ1n) is 11.0. The predicted molar refractivity (Wildman–Crippen MR) is 120 cm³/mol. The summed E-state index contributed by atoms with van der Waals surface area (Å²) in [4.78, 5) is 15.4. The highest BCUT2D eigenvalue weighted by atomic mass is 16.5. The fourth-order valence-corrected chi connectivity index (χ4v) is 4.62. The zero-order valence-electron chi connectivity index (χ0n) is 18.6. The van der Waals surface area contributed by atoms with Gasteiger partial charge in [-0.15, -0.1) is 0 Å². The van der Waals surface area contributed by atoms with E-state index in [0.717, 1.165) is 18.4 Å². The van der Waals surface area contributed by atoms with Crippen molar-refractivity contribution in [2.45, 2.75) is 50.7 Å². The summed E-state index contributed by atoms with van der Waals surface area (Å²) in [6.45, 7) is 0.793. The normalized spacial score (nSPS) is 17.7. The summed E-state index contributed by atoms with van der Waals surface area (Å²) in [6, 6.07) is 13.2. The molecule has 1 unspecified atom stereocenters. The van der Waals surface area contributed by atoms with E-state index in [1.165, 1.54) is 30.4 Å². The van der Waals surface area contributed by atoms with E-state index in [9.17, 15) is 4.79 Å². The van der Waals surface area contributed by atoms with Crippen LogP contribution in [0.3, 0.4) is 0 Å². The Balaban J connectivity index is 1.45. The van der Waals surface area contributed by atoms with Gasteiger partial charge in [0.05, 0.1) is 27.9 Å². The van der Waals surface area contributed by atoms with Crippen LogP contribution in [0, 0.1) is 0 Å². The molecule has 1 amide bonds. The van der Waals surface area contributed by atoms with E-state index in [2.05, 4.69) is 34.5 Å². The number of benzene rings is 2. The topological polar surface area (TPSA) is 60.0 Å². The highest BCUT2D eigenvalue weighted by Gasteiger charge is 2.37. The summed E-state index contributed by atoms with van der Waals surface area (Å²) in [6.07, 6.45) is 5.78. The average molecular weight is 425 g/mol. The molecule has 0 aromatic heterocycles. The van der Waals surface area contributed by atoms with Crippen LogP contribution in [0.15, 0.2) is 36.4 Å². The number of aryl methyl sites for hydroxylation is 1. The maximum absolute atomic E-state index is 12.9. The molecule has 0 aliphatic heterocycles. The quantitative estimate of drug-likeness (QED) is 0.662. The molecular weight excluding hydrogens is 392 g/mol. The molecule has 166 valence electrons. The number of nitrogens with one attached hydrogen (secondary N) is 1. The Kier molecular flexibility index (Phi) is 6.66. The van der Waals surface area contributed by atoms with Gasteiger partial charge in [0.1, 0.15) is 5.75 Å². The number of fused-ring (bicyclic) bond motifs is 1. The van der Waals surface area contributed by atoms with Crippen LogP contribution in [-0.4, -0.2) is 44.7 Å². The minimum atomic E-state index is 0.0341. The van der Waals surface area contributed by atoms with Gasteiger partial charge in [0.25, 0.3) is 0 Å². The van der Waals surface area contributed by atoms with E-state index in [-0.39, 0.29) is 5.91 Å². The summed E-state index contributed by atoms with van der Waals surface area (Å²) in [7, 11) is 4.80. The lowest BCUT2D eigenvalue weighted by Gasteiger charge is -2.35. The van der Waals surface area contributed by atoms with Crippen LogP contribution in [0.4, 0.5) is 0 Å². The van der Waals surface area contributed by atoms with Crippen molar-refractivity contribution < 1.29 is 19.0 Å². The number of hydrogen-bond acceptors (Lipinski definition) is 5. The molecule has 1 fully saturated rings. The van der Waals surface area contributed by atoms with Crippen molar-refractivity contribution in [2.24, 2.45) is 0 Å². The zero-order chi connectivity index (χ0) is 21.8. The van der Waals surface area contributed by atoms with Gasteiger partial charge in [-0.3, -0.25) is 9.69 Å². The molecule has 0 radical (unpaired) electrons. The van der Waals surface area contributed by atoms with Crippen molar-refractivity contribution in [1.82, 2.24) is 10.2 Å². The first-order chi connectivity index (χ1) is 15.1. The third kappa shape index (κ3) is 4.79. The van der Waals surface area contributed by atoms with Crippen LogP contribution in [0.5, 0.6) is 17.2 Å². The molecule has 1 N–H and O–H groups in total. The van der Waals surface area contributed by atoms with Crippen molar-refractivity contribution in [2.75, 3.05) is 27.9 Å². The third-order valence-corrected chi connectivity index (χ3v) is 6.34. The second kappa shape index (κ2) is 9.60. The second-order valence-electron chi connectivity index (χ2n) is 8.31. The molecule has 0 spiro atoms. The fourth-order valence-electron chi connectivity index (χ4n) is 4.62. The molecule has 2 aliphatic carbocycles. The summed E-state index contributed by atoms with van der Waals surface area (Å²) >= 11 is 0. The van der Waals surface area contributed by atoms with Crippen LogP contribution >= 0.6 is 0 Å². The number of carbonyl (C=O) groups excluding carboxylic acids is 1. The number of rotatable bonds is 9. The highest BCUT2D eigenvalue weighted by Crippen LogP contribution is 2.40. The molecule has 0 bridgehead atoms. The molecule has 2 aliphatic rings. The minimum absolute atomic E-state index is 0.0341. The number of methoxy groups -OCH3 is 3. The van der Waals surface area contributed by atoms with E-state index < -0.39 is 0 Å². The van der Waals surface area contributed by atoms with Gasteiger partial charge in [-0.25, -0.2) is 0 Å². The van der Waals surface area contributed by atoms with Crippen molar-refractivity contribution >= 4 is 5.91 Å². The molecule has 0 heterocycles. The second-order valence-corrected chi connectivity index (χ2v) is 8.31. The van der Waals surface area contributed by atoms with E-state index in [4.69, 9.17) is 14.2 Å². The molecule has 4 rings (SSSR count). The zero-order valence-corrected chi connectivity index (χ0v) is 18.6. The Morgan fingerprint density at radius 3 is 2.42 bits per heavy atom. The van der Waals surface area contributed by atoms with Crippen LogP contribution in [0.1, 0.15) is 48.4 Å². The lowest BCUT2D eigenvalue weighted by atomic mass is 9.86. The van der Waals surface area contributed by atoms with Gasteiger partial charge in [-0.05, 0) is 49.3 Å². The van der Waals surface area contributed by atoms with Crippen LogP contribution in [0.25, 0.3) is 0 Å². The maximum atomic E-state index is 12.9.